The van der Waals surface area contributed by atoms with E-state index in [1.165, 1.54) is 6.42 Å². The topological polar surface area (TPSA) is 0 Å². The standard InChI is InChI=1S/C4H9.Ar.Li/c1-3-4-2;;/h1,3-4H2,2H3;;/q-1;;+1. The van der Waals surface area contributed by atoms with Crippen molar-refractivity contribution in [3.05, 3.63) is 6.92 Å². The van der Waals surface area contributed by atoms with E-state index < -0.39 is 0 Å². The summed E-state index contributed by atoms with van der Waals surface area (Å²) in [6.45, 7) is 5.72. The zero-order valence-corrected chi connectivity index (χ0v) is 5.18. The van der Waals surface area contributed by atoms with Crippen LogP contribution in [0.15, 0.2) is 0 Å². The van der Waals surface area contributed by atoms with Gasteiger partial charge in [0.2, 0.25) is 0 Å². The molecule has 0 aromatic carbocycles. The minimum atomic E-state index is 0. The Labute approximate surface area is 82.2 Å². The maximum atomic E-state index is 3.60. The van der Waals surface area contributed by atoms with Crippen LogP contribution < -0.4 is 18.9 Å². The molecular weight excluding hydrogens is 94.9 g/mol. The molecule has 0 aliphatic heterocycles. The molecule has 2 heteroatoms. The van der Waals surface area contributed by atoms with Crippen LogP contribution >= 0.6 is 0 Å². The summed E-state index contributed by atoms with van der Waals surface area (Å²) in [6.07, 6.45) is 2.28. The van der Waals surface area contributed by atoms with Crippen LogP contribution in [0, 0.1) is 44.7 Å². The summed E-state index contributed by atoms with van der Waals surface area (Å²) in [4.78, 5) is 0. The largest absolute Gasteiger partial charge is 1.00 e. The molecule has 0 spiro atoms. The Balaban J connectivity index is -0.0000000450. The first-order valence-electron chi connectivity index (χ1n) is 1.71. The van der Waals surface area contributed by atoms with Crippen molar-refractivity contribution in [3.63, 3.8) is 0 Å². The molecule has 0 aliphatic carbocycles. The van der Waals surface area contributed by atoms with Gasteiger partial charge in [-0.25, -0.2) is 0 Å². The van der Waals surface area contributed by atoms with Gasteiger partial charge in [0.1, 0.15) is 0 Å². The van der Waals surface area contributed by atoms with Crippen LogP contribution in [0.2, 0.25) is 0 Å². The van der Waals surface area contributed by atoms with Gasteiger partial charge in [0.05, 0.1) is 0 Å². The summed E-state index contributed by atoms with van der Waals surface area (Å²) in [5.41, 5.74) is 0. The third-order valence-electron chi connectivity index (χ3n) is 0.354. The predicted molar refractivity (Wildman–Crippen MR) is 20.3 cm³/mol. The zero-order valence-electron chi connectivity index (χ0n) is 4.47. The smallest absolute Gasteiger partial charge is 0.343 e. The summed E-state index contributed by atoms with van der Waals surface area (Å²) in [5.74, 6) is 0. The van der Waals surface area contributed by atoms with Gasteiger partial charge in [-0.3, -0.25) is 0 Å². The molecule has 0 aliphatic rings. The molecule has 0 nitrogen and oxygen atoms in total. The van der Waals surface area contributed by atoms with E-state index in [-0.39, 0.29) is 56.6 Å². The van der Waals surface area contributed by atoms with Crippen LogP contribution in [-0.4, -0.2) is 0 Å². The van der Waals surface area contributed by atoms with Gasteiger partial charge >= 0.3 is 18.9 Å². The summed E-state index contributed by atoms with van der Waals surface area (Å²) >= 11 is 0. The fourth-order valence-corrected chi connectivity index (χ4v) is 0. The molecule has 0 aromatic heterocycles. The van der Waals surface area contributed by atoms with Crippen molar-refractivity contribution in [2.75, 3.05) is 0 Å². The fourth-order valence-electron chi connectivity index (χ4n) is 0. The molecule has 0 radical (unpaired) electrons. The second-order valence-electron chi connectivity index (χ2n) is 0.854. The zero-order chi connectivity index (χ0) is 3.41. The van der Waals surface area contributed by atoms with Crippen molar-refractivity contribution < 1.29 is 56.6 Å². The van der Waals surface area contributed by atoms with Crippen molar-refractivity contribution >= 4 is 0 Å². The van der Waals surface area contributed by atoms with E-state index in [1.54, 1.807) is 0 Å². The van der Waals surface area contributed by atoms with Crippen molar-refractivity contribution in [2.45, 2.75) is 19.8 Å². The Hall–Kier alpha value is 1.86. The average molecular weight is 104 g/mol. The molecule has 0 rings (SSSR count). The molecule has 0 atom stereocenters. The number of hydrogen-bond donors (Lipinski definition) is 0. The van der Waals surface area contributed by atoms with Crippen molar-refractivity contribution in [1.29, 1.82) is 0 Å². The Kier molecular flexibility index (Phi) is 41.3. The Morgan fingerprint density at radius 2 is 1.67 bits per heavy atom. The molecule has 0 amide bonds. The van der Waals surface area contributed by atoms with E-state index in [9.17, 15) is 0 Å². The number of rotatable bonds is 1. The molecule has 0 saturated carbocycles. The monoisotopic (exact) mass is 104 g/mol. The van der Waals surface area contributed by atoms with Crippen molar-refractivity contribution in [2.24, 2.45) is 0 Å². The van der Waals surface area contributed by atoms with Gasteiger partial charge in [0, 0.05) is 37.7 Å². The quantitative estimate of drug-likeness (QED) is 0.284. The van der Waals surface area contributed by atoms with E-state index >= 15 is 0 Å². The summed E-state index contributed by atoms with van der Waals surface area (Å²) in [6, 6.07) is 0. The Bertz CT molecular complexity index is 9.51. The van der Waals surface area contributed by atoms with E-state index in [1.807, 2.05) is 0 Å². The number of hydrogen-bond acceptors (Lipinski definition) is 0. The van der Waals surface area contributed by atoms with Crippen molar-refractivity contribution in [3.8, 4) is 0 Å². The van der Waals surface area contributed by atoms with Gasteiger partial charge in [0.25, 0.3) is 0 Å². The van der Waals surface area contributed by atoms with Crippen LogP contribution in [0.3, 0.4) is 0 Å². The summed E-state index contributed by atoms with van der Waals surface area (Å²) < 4.78 is 0. The van der Waals surface area contributed by atoms with E-state index in [4.69, 9.17) is 0 Å². The molecular formula is C4H9ArLi. The first-order chi connectivity index (χ1) is 1.91. The maximum absolute atomic E-state index is 3.60. The van der Waals surface area contributed by atoms with Gasteiger partial charge in [-0.05, 0) is 0 Å². The van der Waals surface area contributed by atoms with Gasteiger partial charge in [-0.1, -0.05) is 13.3 Å². The first kappa shape index (κ1) is 15.7. The first-order valence-corrected chi connectivity index (χ1v) is 1.71. The Morgan fingerprint density at radius 3 is 1.67 bits per heavy atom. The molecule has 6 heavy (non-hydrogen) atoms. The molecule has 0 aromatic rings. The molecule has 0 fully saturated rings. The van der Waals surface area contributed by atoms with Crippen LogP contribution in [0.1, 0.15) is 19.8 Å². The second-order valence-corrected chi connectivity index (χ2v) is 0.854. The minimum absolute atomic E-state index is 0. The summed E-state index contributed by atoms with van der Waals surface area (Å²) in [5, 5.41) is 0. The average Bonchev–Trinajstić information content (AvgIpc) is 1.37. The molecule has 0 saturated heterocycles. The molecule has 0 unspecified atom stereocenters. The molecule has 0 bridgehead atoms. The van der Waals surface area contributed by atoms with E-state index in [0.717, 1.165) is 6.42 Å². The predicted octanol–water partition coefficient (Wildman–Crippen LogP) is -1.38. The maximum Gasteiger partial charge on any atom is 1.00 e. The second kappa shape index (κ2) is 15.8. The van der Waals surface area contributed by atoms with Gasteiger partial charge in [-0.2, -0.15) is 6.42 Å². The van der Waals surface area contributed by atoms with E-state index in [2.05, 4.69) is 13.8 Å². The third-order valence-corrected chi connectivity index (χ3v) is 0.354. The van der Waals surface area contributed by atoms with Crippen molar-refractivity contribution in [1.82, 2.24) is 0 Å². The van der Waals surface area contributed by atoms with Gasteiger partial charge < -0.3 is 6.92 Å². The Morgan fingerprint density at radius 1 is 1.50 bits per heavy atom. The molecule has 0 heterocycles. The summed E-state index contributed by atoms with van der Waals surface area (Å²) in [7, 11) is 0. The normalized spacial score (nSPS) is 5.00. The molecule has 34 valence electrons. The third kappa shape index (κ3) is 16.9. The fraction of sp³-hybridized carbons (Fsp3) is 0.750. The SMILES string of the molecule is [Ar].[CH2-]CCC.[Li+]. The number of unbranched alkanes of at least 4 members (excludes halogenated alkanes) is 1. The van der Waals surface area contributed by atoms with Gasteiger partial charge in [-0.15, -0.1) is 0 Å². The van der Waals surface area contributed by atoms with Crippen LogP contribution in [0.5, 0.6) is 0 Å². The van der Waals surface area contributed by atoms with Crippen LogP contribution in [-0.2, 0) is 0 Å². The van der Waals surface area contributed by atoms with Gasteiger partial charge in [0.15, 0.2) is 0 Å². The molecule has 0 N–H and O–H groups in total. The minimum Gasteiger partial charge on any atom is -0.343 e. The van der Waals surface area contributed by atoms with Crippen LogP contribution in [0.4, 0.5) is 0 Å². The van der Waals surface area contributed by atoms with E-state index in [0.29, 0.717) is 0 Å². The van der Waals surface area contributed by atoms with Crippen LogP contribution in [0.25, 0.3) is 0 Å².